The summed E-state index contributed by atoms with van der Waals surface area (Å²) in [5.74, 6) is -1.09. The van der Waals surface area contributed by atoms with E-state index in [1.807, 2.05) is 0 Å². The van der Waals surface area contributed by atoms with Crippen LogP contribution in [0.5, 0.6) is 0 Å². The maximum atomic E-state index is 12.4. The number of hydrogen-bond donors (Lipinski definition) is 0. The maximum absolute atomic E-state index is 12.4. The van der Waals surface area contributed by atoms with Gasteiger partial charge in [0.15, 0.2) is 0 Å². The van der Waals surface area contributed by atoms with Crippen molar-refractivity contribution in [3.8, 4) is 0 Å². The Bertz CT molecular complexity index is 361. The number of alkyl halides is 3. The van der Waals surface area contributed by atoms with E-state index in [1.165, 1.54) is 12.1 Å². The lowest BCUT2D eigenvalue weighted by atomic mass is 10.3. The topological polar surface area (TPSA) is 20.3 Å². The smallest absolute Gasteiger partial charge is 0.275 e. The molecule has 1 amide bonds. The molecule has 0 atom stereocenters. The van der Waals surface area contributed by atoms with Gasteiger partial charge in [0.1, 0.15) is 0 Å². The molecule has 0 unspecified atom stereocenters. The van der Waals surface area contributed by atoms with Crippen LogP contribution in [-0.2, 0) is 4.79 Å². The molecule has 0 saturated carbocycles. The van der Waals surface area contributed by atoms with Crippen LogP contribution in [0.1, 0.15) is 6.92 Å². The fourth-order valence-electron chi connectivity index (χ4n) is 1.10. The van der Waals surface area contributed by atoms with E-state index in [2.05, 4.69) is 0 Å². The van der Waals surface area contributed by atoms with Crippen molar-refractivity contribution in [1.29, 1.82) is 0 Å². The van der Waals surface area contributed by atoms with Gasteiger partial charge in [0, 0.05) is 11.9 Å². The molecule has 2 nitrogen and oxygen atoms in total. The van der Waals surface area contributed by atoms with E-state index in [9.17, 15) is 18.0 Å². The largest absolute Gasteiger partial charge is 0.491 e. The quantitative estimate of drug-likeness (QED) is 0.687. The highest BCUT2D eigenvalue weighted by molar-refractivity contribution is 6.30. The molecule has 0 aliphatic heterocycles. The van der Waals surface area contributed by atoms with Gasteiger partial charge < -0.3 is 0 Å². The van der Waals surface area contributed by atoms with Crippen LogP contribution in [0.4, 0.5) is 18.9 Å². The SMILES string of the molecule is CC(=O)N(c1ccc(Cl)cc1)C(F)(F)F. The molecule has 0 fully saturated rings. The summed E-state index contributed by atoms with van der Waals surface area (Å²) in [4.78, 5) is 10.6. The van der Waals surface area contributed by atoms with Crippen LogP contribution in [-0.4, -0.2) is 12.2 Å². The Labute approximate surface area is 89.2 Å². The molecule has 0 spiro atoms. The standard InChI is InChI=1S/C9H7ClF3NO/c1-6(15)14(9(11,12)13)8-4-2-7(10)3-5-8/h2-5H,1H3. The maximum Gasteiger partial charge on any atom is 0.491 e. The third kappa shape index (κ3) is 2.86. The van der Waals surface area contributed by atoms with Gasteiger partial charge in [-0.2, -0.15) is 0 Å². The molecule has 1 aromatic rings. The van der Waals surface area contributed by atoms with Crippen LogP contribution in [0.3, 0.4) is 0 Å². The van der Waals surface area contributed by atoms with Gasteiger partial charge in [0.25, 0.3) is 0 Å². The first-order valence-electron chi connectivity index (χ1n) is 3.95. The number of halogens is 4. The summed E-state index contributed by atoms with van der Waals surface area (Å²) in [6.07, 6.45) is -4.72. The first-order valence-corrected chi connectivity index (χ1v) is 4.33. The lowest BCUT2D eigenvalue weighted by Gasteiger charge is -2.23. The second-order valence-electron chi connectivity index (χ2n) is 2.80. The molecule has 82 valence electrons. The molecule has 15 heavy (non-hydrogen) atoms. The summed E-state index contributed by atoms with van der Waals surface area (Å²) in [6.45, 7) is 0.849. The number of hydrogen-bond acceptors (Lipinski definition) is 1. The second kappa shape index (κ2) is 4.10. The molecule has 0 aromatic heterocycles. The summed E-state index contributed by atoms with van der Waals surface area (Å²) in [5.41, 5.74) is -0.251. The minimum absolute atomic E-state index is 0.247. The summed E-state index contributed by atoms with van der Waals surface area (Å²) in [5, 5.41) is 0.310. The van der Waals surface area contributed by atoms with Crippen LogP contribution in [0, 0.1) is 0 Å². The highest BCUT2D eigenvalue weighted by Gasteiger charge is 2.40. The zero-order valence-corrected chi connectivity index (χ0v) is 8.43. The molecular weight excluding hydrogens is 231 g/mol. The lowest BCUT2D eigenvalue weighted by molar-refractivity contribution is -0.148. The molecule has 0 aliphatic carbocycles. The van der Waals surface area contributed by atoms with Crippen LogP contribution in [0.2, 0.25) is 5.02 Å². The van der Waals surface area contributed by atoms with E-state index in [1.54, 1.807) is 0 Å². The lowest BCUT2D eigenvalue weighted by Crippen LogP contribution is -2.41. The van der Waals surface area contributed by atoms with Crippen LogP contribution in [0.15, 0.2) is 24.3 Å². The van der Waals surface area contributed by atoms with E-state index >= 15 is 0 Å². The number of carbonyl (C=O) groups is 1. The Morgan fingerprint density at radius 3 is 2.07 bits per heavy atom. The fourth-order valence-corrected chi connectivity index (χ4v) is 1.22. The zero-order chi connectivity index (χ0) is 11.6. The minimum atomic E-state index is -4.72. The molecule has 0 radical (unpaired) electrons. The first-order chi connectivity index (χ1) is 6.82. The fraction of sp³-hybridized carbons (Fsp3) is 0.222. The van der Waals surface area contributed by atoms with Crippen molar-refractivity contribution in [2.45, 2.75) is 13.2 Å². The monoisotopic (exact) mass is 237 g/mol. The average molecular weight is 238 g/mol. The van der Waals surface area contributed by atoms with Gasteiger partial charge in [0.2, 0.25) is 5.91 Å². The minimum Gasteiger partial charge on any atom is -0.275 e. The van der Waals surface area contributed by atoms with Crippen molar-refractivity contribution in [3.63, 3.8) is 0 Å². The molecule has 0 heterocycles. The van der Waals surface area contributed by atoms with Crippen molar-refractivity contribution < 1.29 is 18.0 Å². The Balaban J connectivity index is 3.11. The van der Waals surface area contributed by atoms with E-state index < -0.39 is 12.2 Å². The number of amides is 1. The first kappa shape index (κ1) is 11.8. The van der Waals surface area contributed by atoms with Crippen molar-refractivity contribution >= 4 is 23.2 Å². The number of rotatable bonds is 1. The molecular formula is C9H7ClF3NO. The van der Waals surface area contributed by atoms with Crippen molar-refractivity contribution in [1.82, 2.24) is 0 Å². The Morgan fingerprint density at radius 1 is 1.27 bits per heavy atom. The van der Waals surface area contributed by atoms with E-state index in [-0.39, 0.29) is 10.6 Å². The third-order valence-corrected chi connectivity index (χ3v) is 1.91. The Hall–Kier alpha value is -1.23. The van der Waals surface area contributed by atoms with Crippen molar-refractivity contribution in [3.05, 3.63) is 29.3 Å². The van der Waals surface area contributed by atoms with Crippen molar-refractivity contribution in [2.75, 3.05) is 4.90 Å². The van der Waals surface area contributed by atoms with Gasteiger partial charge in [-0.3, -0.25) is 4.79 Å². The van der Waals surface area contributed by atoms with Gasteiger partial charge >= 0.3 is 6.30 Å². The highest BCUT2D eigenvalue weighted by atomic mass is 35.5. The summed E-state index contributed by atoms with van der Waals surface area (Å²) in [7, 11) is 0. The number of nitrogens with zero attached hydrogens (tertiary/aromatic N) is 1. The molecule has 0 N–H and O–H groups in total. The van der Waals surface area contributed by atoms with Crippen LogP contribution < -0.4 is 4.90 Å². The zero-order valence-electron chi connectivity index (χ0n) is 7.68. The van der Waals surface area contributed by atoms with Crippen LogP contribution >= 0.6 is 11.6 Å². The highest BCUT2D eigenvalue weighted by Crippen LogP contribution is 2.29. The molecule has 6 heteroatoms. The third-order valence-electron chi connectivity index (χ3n) is 1.65. The summed E-state index contributed by atoms with van der Waals surface area (Å²) >= 11 is 5.53. The Morgan fingerprint density at radius 2 is 1.73 bits per heavy atom. The normalized spacial score (nSPS) is 11.3. The average Bonchev–Trinajstić information content (AvgIpc) is 2.05. The second-order valence-corrected chi connectivity index (χ2v) is 3.24. The number of anilines is 1. The predicted octanol–water partition coefficient (Wildman–Crippen LogP) is 3.21. The molecule has 1 aromatic carbocycles. The van der Waals surface area contributed by atoms with Crippen LogP contribution in [0.25, 0.3) is 0 Å². The van der Waals surface area contributed by atoms with Gasteiger partial charge in [-0.1, -0.05) is 11.6 Å². The van der Waals surface area contributed by atoms with Crippen molar-refractivity contribution in [2.24, 2.45) is 0 Å². The van der Waals surface area contributed by atoms with Gasteiger partial charge in [-0.05, 0) is 24.3 Å². The summed E-state index contributed by atoms with van der Waals surface area (Å²) < 4.78 is 37.3. The number of benzene rings is 1. The van der Waals surface area contributed by atoms with E-state index in [0.29, 0.717) is 5.02 Å². The van der Waals surface area contributed by atoms with Gasteiger partial charge in [0.05, 0.1) is 5.69 Å². The predicted molar refractivity (Wildman–Crippen MR) is 50.7 cm³/mol. The molecule has 0 bridgehead atoms. The van der Waals surface area contributed by atoms with Gasteiger partial charge in [-0.15, -0.1) is 13.2 Å². The number of carbonyl (C=O) groups excluding carboxylic acids is 1. The summed E-state index contributed by atoms with van der Waals surface area (Å²) in [6, 6.07) is 4.85. The Kier molecular flexibility index (Phi) is 3.24. The van der Waals surface area contributed by atoms with Gasteiger partial charge in [-0.25, -0.2) is 4.90 Å². The van der Waals surface area contributed by atoms with E-state index in [4.69, 9.17) is 11.6 Å². The molecule has 0 saturated heterocycles. The van der Waals surface area contributed by atoms with E-state index in [0.717, 1.165) is 19.1 Å². The molecule has 1 rings (SSSR count). The molecule has 0 aliphatic rings.